The van der Waals surface area contributed by atoms with Gasteiger partial charge < -0.3 is 10.1 Å². The van der Waals surface area contributed by atoms with Crippen LogP contribution < -0.4 is 0 Å². The number of nitrogens with zero attached hydrogens (tertiary/aromatic N) is 3. The van der Waals surface area contributed by atoms with E-state index in [4.69, 9.17) is 5.21 Å². The summed E-state index contributed by atoms with van der Waals surface area (Å²) in [7, 11) is 0. The van der Waals surface area contributed by atoms with Gasteiger partial charge in [0.15, 0.2) is 0 Å². The molecule has 2 aliphatic heterocycles. The van der Waals surface area contributed by atoms with E-state index in [0.717, 1.165) is 5.06 Å². The van der Waals surface area contributed by atoms with Crippen LogP contribution in [-0.2, 0) is 0 Å². The van der Waals surface area contributed by atoms with Gasteiger partial charge in [-0.1, -0.05) is 11.7 Å². The molecule has 82 valence electrons. The van der Waals surface area contributed by atoms with Crippen molar-refractivity contribution in [1.82, 2.24) is 9.96 Å². The Morgan fingerprint density at radius 3 is 2.93 bits per heavy atom. The van der Waals surface area contributed by atoms with Gasteiger partial charge in [0.25, 0.3) is 0 Å². The maximum absolute atomic E-state index is 11.6. The van der Waals surface area contributed by atoms with Crippen molar-refractivity contribution in [2.75, 3.05) is 6.54 Å². The van der Waals surface area contributed by atoms with Crippen LogP contribution in [-0.4, -0.2) is 50.7 Å². The molecule has 2 aliphatic rings. The van der Waals surface area contributed by atoms with Gasteiger partial charge in [-0.25, -0.2) is 9.86 Å². The Morgan fingerprint density at radius 1 is 1.60 bits per heavy atom. The molecule has 6 heteroatoms. The zero-order valence-corrected chi connectivity index (χ0v) is 8.20. The quantitative estimate of drug-likeness (QED) is 0.305. The van der Waals surface area contributed by atoms with Crippen molar-refractivity contribution >= 4 is 11.7 Å². The molecular weight excluding hydrogens is 198 g/mol. The zero-order valence-electron chi connectivity index (χ0n) is 8.20. The fourth-order valence-electron chi connectivity index (χ4n) is 2.20. The lowest BCUT2D eigenvalue weighted by atomic mass is 9.97. The Hall–Kier alpha value is -1.56. The summed E-state index contributed by atoms with van der Waals surface area (Å²) >= 11 is 0. The summed E-state index contributed by atoms with van der Waals surface area (Å²) in [4.78, 5) is 13.1. The van der Waals surface area contributed by atoms with Gasteiger partial charge in [-0.15, -0.1) is 0 Å². The highest BCUT2D eigenvalue weighted by Crippen LogP contribution is 2.29. The summed E-state index contributed by atoms with van der Waals surface area (Å²) in [5.74, 6) is 0. The number of carbonyl (C=O) groups excluding carboxylic acids is 1. The first-order chi connectivity index (χ1) is 7.19. The molecule has 2 bridgehead atoms. The summed E-state index contributed by atoms with van der Waals surface area (Å²) in [6, 6.07) is -0.822. The van der Waals surface area contributed by atoms with Crippen LogP contribution in [0.4, 0.5) is 4.79 Å². The van der Waals surface area contributed by atoms with Gasteiger partial charge in [-0.3, -0.25) is 5.21 Å². The molecule has 0 spiro atoms. The number of amides is 2. The molecule has 2 rings (SSSR count). The van der Waals surface area contributed by atoms with Crippen LogP contribution in [0.25, 0.3) is 0 Å². The van der Waals surface area contributed by atoms with Crippen molar-refractivity contribution in [3.63, 3.8) is 0 Å². The lowest BCUT2D eigenvalue weighted by Crippen LogP contribution is -2.44. The van der Waals surface area contributed by atoms with Crippen molar-refractivity contribution in [2.45, 2.75) is 24.9 Å². The monoisotopic (exact) mass is 211 g/mol. The van der Waals surface area contributed by atoms with Crippen LogP contribution in [0.15, 0.2) is 17.8 Å². The average molecular weight is 211 g/mol. The number of hydrogen-bond acceptors (Lipinski definition) is 4. The SMILES string of the molecule is C=C/C(=N\O)[C@@H]1CC[C@@H]2CN1C(=O)N2O. The van der Waals surface area contributed by atoms with E-state index in [-0.39, 0.29) is 12.1 Å². The summed E-state index contributed by atoms with van der Waals surface area (Å²) in [5.41, 5.74) is 0.372. The first-order valence-corrected chi connectivity index (χ1v) is 4.82. The first kappa shape index (κ1) is 9.97. The number of rotatable bonds is 2. The number of carbonyl (C=O) groups is 1. The number of fused-ring (bicyclic) bond motifs is 2. The second kappa shape index (κ2) is 3.54. The molecule has 2 atom stereocenters. The minimum atomic E-state index is -0.425. The highest BCUT2D eigenvalue weighted by atomic mass is 16.5. The van der Waals surface area contributed by atoms with Crippen molar-refractivity contribution in [3.8, 4) is 0 Å². The van der Waals surface area contributed by atoms with Gasteiger partial charge in [0.05, 0.1) is 12.1 Å². The van der Waals surface area contributed by atoms with Crippen LogP contribution in [0.1, 0.15) is 12.8 Å². The Labute approximate surface area is 87.0 Å². The van der Waals surface area contributed by atoms with Gasteiger partial charge in [0.2, 0.25) is 0 Å². The van der Waals surface area contributed by atoms with Crippen LogP contribution >= 0.6 is 0 Å². The Morgan fingerprint density at radius 2 is 2.33 bits per heavy atom. The van der Waals surface area contributed by atoms with Gasteiger partial charge in [-0.2, -0.15) is 0 Å². The Balaban J connectivity index is 2.24. The highest BCUT2D eigenvalue weighted by molar-refractivity contribution is 6.00. The molecule has 15 heavy (non-hydrogen) atoms. The van der Waals surface area contributed by atoms with Gasteiger partial charge in [-0.05, 0) is 18.9 Å². The third-order valence-corrected chi connectivity index (χ3v) is 3.01. The molecule has 2 amide bonds. The standard InChI is InChI=1S/C9H13N3O3/c1-2-7(10-14)8-4-3-6-5-11(8)9(13)12(6)15/h2,6,8,14-15H,1,3-5H2/b10-7+/t6-,8+/m1/s1. The third-order valence-electron chi connectivity index (χ3n) is 3.01. The van der Waals surface area contributed by atoms with Crippen LogP contribution in [0.5, 0.6) is 0 Å². The number of urea groups is 1. The number of oxime groups is 1. The topological polar surface area (TPSA) is 76.4 Å². The highest BCUT2D eigenvalue weighted by Gasteiger charge is 2.45. The van der Waals surface area contributed by atoms with E-state index in [1.54, 1.807) is 0 Å². The molecule has 0 aromatic carbocycles. The minimum absolute atomic E-state index is 0.126. The molecule has 0 saturated carbocycles. The number of hydrogen-bond donors (Lipinski definition) is 2. The van der Waals surface area contributed by atoms with E-state index in [9.17, 15) is 10.0 Å². The minimum Gasteiger partial charge on any atom is -0.411 e. The summed E-state index contributed by atoms with van der Waals surface area (Å²) in [6.07, 6.45) is 2.81. The van der Waals surface area contributed by atoms with Crippen LogP contribution in [0.3, 0.4) is 0 Å². The molecule has 0 radical (unpaired) electrons. The van der Waals surface area contributed by atoms with Crippen molar-refractivity contribution in [1.29, 1.82) is 0 Å². The van der Waals surface area contributed by atoms with E-state index in [2.05, 4.69) is 11.7 Å². The first-order valence-electron chi connectivity index (χ1n) is 4.82. The fraction of sp³-hybridized carbons (Fsp3) is 0.556. The maximum Gasteiger partial charge on any atom is 0.344 e. The van der Waals surface area contributed by atoms with Crippen molar-refractivity contribution in [3.05, 3.63) is 12.7 Å². The lowest BCUT2D eigenvalue weighted by Gasteiger charge is -2.29. The zero-order chi connectivity index (χ0) is 11.0. The van der Waals surface area contributed by atoms with Gasteiger partial charge in [0.1, 0.15) is 5.71 Å². The normalized spacial score (nSPS) is 31.0. The van der Waals surface area contributed by atoms with E-state index in [1.807, 2.05) is 0 Å². The second-order valence-corrected chi connectivity index (χ2v) is 3.76. The van der Waals surface area contributed by atoms with E-state index < -0.39 is 6.03 Å². The predicted molar refractivity (Wildman–Crippen MR) is 52.0 cm³/mol. The van der Waals surface area contributed by atoms with Crippen molar-refractivity contribution in [2.24, 2.45) is 5.16 Å². The largest absolute Gasteiger partial charge is 0.411 e. The number of piperidine rings is 1. The van der Waals surface area contributed by atoms with Crippen molar-refractivity contribution < 1.29 is 15.2 Å². The molecule has 2 saturated heterocycles. The Kier molecular flexibility index (Phi) is 2.36. The molecule has 0 aromatic heterocycles. The summed E-state index contributed by atoms with van der Waals surface area (Å²) in [5, 5.41) is 22.1. The van der Waals surface area contributed by atoms with E-state index >= 15 is 0 Å². The lowest BCUT2D eigenvalue weighted by molar-refractivity contribution is -0.0583. The number of hydroxylamine groups is 2. The molecule has 2 fully saturated rings. The molecule has 0 aliphatic carbocycles. The maximum atomic E-state index is 11.6. The molecule has 2 N–H and O–H groups in total. The molecular formula is C9H13N3O3. The molecule has 0 aromatic rings. The summed E-state index contributed by atoms with van der Waals surface area (Å²) < 4.78 is 0. The second-order valence-electron chi connectivity index (χ2n) is 3.76. The molecule has 0 unspecified atom stereocenters. The molecule has 2 heterocycles. The van der Waals surface area contributed by atoms with Gasteiger partial charge in [0, 0.05) is 6.54 Å². The molecule has 6 nitrogen and oxygen atoms in total. The average Bonchev–Trinajstić information content (AvgIpc) is 2.49. The van der Waals surface area contributed by atoms with Crippen LogP contribution in [0, 0.1) is 0 Å². The predicted octanol–water partition coefficient (Wildman–Crippen LogP) is 0.660. The third kappa shape index (κ3) is 1.37. The Bertz CT molecular complexity index is 329. The van der Waals surface area contributed by atoms with Crippen LogP contribution in [0.2, 0.25) is 0 Å². The smallest absolute Gasteiger partial charge is 0.344 e. The summed E-state index contributed by atoms with van der Waals surface area (Å²) in [6.45, 7) is 4.01. The van der Waals surface area contributed by atoms with E-state index in [0.29, 0.717) is 25.1 Å². The van der Waals surface area contributed by atoms with Gasteiger partial charge >= 0.3 is 6.03 Å². The van der Waals surface area contributed by atoms with E-state index in [1.165, 1.54) is 11.0 Å². The fourth-order valence-corrected chi connectivity index (χ4v) is 2.20.